The topological polar surface area (TPSA) is 60.2 Å². The Balaban J connectivity index is 1.50. The summed E-state index contributed by atoms with van der Waals surface area (Å²) in [5.41, 5.74) is 3.66. The Bertz CT molecular complexity index is 982. The van der Waals surface area contributed by atoms with Gasteiger partial charge in [0.1, 0.15) is 11.3 Å². The lowest BCUT2D eigenvalue weighted by molar-refractivity contribution is 0.0786. The first kappa shape index (κ1) is 18.6. The minimum Gasteiger partial charge on any atom is -0.383 e. The van der Waals surface area contributed by atoms with E-state index < -0.39 is 0 Å². The van der Waals surface area contributed by atoms with Crippen molar-refractivity contribution in [3.63, 3.8) is 0 Å². The van der Waals surface area contributed by atoms with E-state index in [1.807, 2.05) is 48.2 Å². The maximum atomic E-state index is 12.9. The van der Waals surface area contributed by atoms with Gasteiger partial charge >= 0.3 is 0 Å². The molecule has 3 aromatic rings. The number of nitrogens with zero attached hydrogens (tertiary/aromatic N) is 4. The lowest BCUT2D eigenvalue weighted by Crippen LogP contribution is -2.29. The van der Waals surface area contributed by atoms with Gasteiger partial charge in [0, 0.05) is 44.9 Å². The van der Waals surface area contributed by atoms with Crippen LogP contribution in [0.4, 0.5) is 0 Å². The van der Waals surface area contributed by atoms with Crippen molar-refractivity contribution in [1.82, 2.24) is 19.4 Å². The van der Waals surface area contributed by atoms with Crippen LogP contribution in [0.15, 0.2) is 42.6 Å². The summed E-state index contributed by atoms with van der Waals surface area (Å²) in [6.07, 6.45) is 3.64. The van der Waals surface area contributed by atoms with Gasteiger partial charge < -0.3 is 14.2 Å². The second-order valence-electron chi connectivity index (χ2n) is 7.44. The van der Waals surface area contributed by atoms with E-state index in [0.29, 0.717) is 12.5 Å². The number of ether oxygens (including phenoxy) is 1. The molecule has 6 nitrogen and oxygen atoms in total. The van der Waals surface area contributed by atoms with E-state index in [0.717, 1.165) is 60.6 Å². The van der Waals surface area contributed by atoms with Crippen molar-refractivity contribution in [2.45, 2.75) is 26.3 Å². The molecule has 0 spiro atoms. The second kappa shape index (κ2) is 8.10. The Kier molecular flexibility index (Phi) is 5.39. The van der Waals surface area contributed by atoms with Crippen LogP contribution in [0.1, 0.15) is 28.2 Å². The molecule has 4 rings (SSSR count). The molecule has 3 heterocycles. The highest BCUT2D eigenvalue weighted by Gasteiger charge is 2.29. The average molecular weight is 378 g/mol. The molecule has 146 valence electrons. The summed E-state index contributed by atoms with van der Waals surface area (Å²) in [6, 6.07) is 11.7. The normalized spacial score (nSPS) is 16.8. The molecule has 28 heavy (non-hydrogen) atoms. The van der Waals surface area contributed by atoms with Gasteiger partial charge in [-0.1, -0.05) is 18.2 Å². The summed E-state index contributed by atoms with van der Waals surface area (Å²) in [7, 11) is 1.71. The predicted octanol–water partition coefficient (Wildman–Crippen LogP) is 3.09. The van der Waals surface area contributed by atoms with Gasteiger partial charge in [-0.3, -0.25) is 4.79 Å². The zero-order valence-corrected chi connectivity index (χ0v) is 16.5. The van der Waals surface area contributed by atoms with E-state index >= 15 is 0 Å². The molecule has 6 heteroatoms. The first-order valence-electron chi connectivity index (χ1n) is 9.81. The number of amides is 1. The zero-order valence-electron chi connectivity index (χ0n) is 16.5. The maximum absolute atomic E-state index is 12.9. The molecule has 0 N–H and O–H groups in total. The number of imidazole rings is 1. The van der Waals surface area contributed by atoms with E-state index in [4.69, 9.17) is 9.72 Å². The van der Waals surface area contributed by atoms with Gasteiger partial charge in [0.15, 0.2) is 5.65 Å². The van der Waals surface area contributed by atoms with Crippen LogP contribution < -0.4 is 0 Å². The van der Waals surface area contributed by atoms with E-state index in [9.17, 15) is 4.79 Å². The van der Waals surface area contributed by atoms with E-state index in [-0.39, 0.29) is 5.91 Å². The summed E-state index contributed by atoms with van der Waals surface area (Å²) in [5, 5.41) is 0. The lowest BCUT2D eigenvalue weighted by Gasteiger charge is -2.18. The SMILES string of the molecule is COCCn1c(CC2CCN(C(=O)c3ccccc3C)C2)nc2cccnc21. The van der Waals surface area contributed by atoms with Crippen molar-refractivity contribution in [3.8, 4) is 0 Å². The van der Waals surface area contributed by atoms with E-state index in [1.165, 1.54) is 0 Å². The number of carbonyl (C=O) groups excluding carboxylic acids is 1. The van der Waals surface area contributed by atoms with Crippen LogP contribution in [-0.2, 0) is 17.7 Å². The third-order valence-electron chi connectivity index (χ3n) is 5.52. The average Bonchev–Trinajstić information content (AvgIpc) is 3.31. The third kappa shape index (κ3) is 3.64. The van der Waals surface area contributed by atoms with Crippen molar-refractivity contribution < 1.29 is 9.53 Å². The fourth-order valence-corrected chi connectivity index (χ4v) is 4.00. The standard InChI is InChI=1S/C22H26N4O2/c1-16-6-3-4-7-18(16)22(27)25-11-9-17(15-25)14-20-24-19-8-5-10-23-21(19)26(20)12-13-28-2/h3-8,10,17H,9,11-15H2,1-2H3. The van der Waals surface area contributed by atoms with Crippen LogP contribution in [0.2, 0.25) is 0 Å². The maximum Gasteiger partial charge on any atom is 0.254 e. The number of benzene rings is 1. The molecule has 0 radical (unpaired) electrons. The minimum absolute atomic E-state index is 0.134. The molecule has 1 unspecified atom stereocenters. The number of methoxy groups -OCH3 is 1. The van der Waals surface area contributed by atoms with Crippen molar-refractivity contribution in [2.75, 3.05) is 26.8 Å². The number of aromatic nitrogens is 3. The van der Waals surface area contributed by atoms with Gasteiger partial charge in [-0.25, -0.2) is 9.97 Å². The number of carbonyl (C=O) groups is 1. The molecule has 0 aliphatic carbocycles. The predicted molar refractivity (Wildman–Crippen MR) is 108 cm³/mol. The molecule has 1 aliphatic heterocycles. The van der Waals surface area contributed by atoms with Crippen LogP contribution in [0, 0.1) is 12.8 Å². The van der Waals surface area contributed by atoms with Gasteiger partial charge in [0.2, 0.25) is 0 Å². The van der Waals surface area contributed by atoms with Gasteiger partial charge in [-0.05, 0) is 43.0 Å². The Morgan fingerprint density at radius 2 is 2.11 bits per heavy atom. The molecule has 1 aliphatic rings. The molecule has 1 aromatic carbocycles. The Morgan fingerprint density at radius 1 is 1.25 bits per heavy atom. The number of rotatable bonds is 6. The monoisotopic (exact) mass is 378 g/mol. The smallest absolute Gasteiger partial charge is 0.254 e. The summed E-state index contributed by atoms with van der Waals surface area (Å²) in [5.74, 6) is 1.57. The van der Waals surface area contributed by atoms with Gasteiger partial charge in [-0.15, -0.1) is 0 Å². The van der Waals surface area contributed by atoms with Crippen molar-refractivity contribution in [1.29, 1.82) is 0 Å². The zero-order chi connectivity index (χ0) is 19.5. The molecule has 1 atom stereocenters. The first-order chi connectivity index (χ1) is 13.7. The number of likely N-dealkylation sites (tertiary alicyclic amines) is 1. The van der Waals surface area contributed by atoms with Crippen LogP contribution in [0.25, 0.3) is 11.2 Å². The van der Waals surface area contributed by atoms with Crippen LogP contribution in [-0.4, -0.2) is 52.1 Å². The molecular weight excluding hydrogens is 352 g/mol. The number of hydrogen-bond acceptors (Lipinski definition) is 4. The van der Waals surface area contributed by atoms with Crippen LogP contribution in [0.3, 0.4) is 0 Å². The van der Waals surface area contributed by atoms with Gasteiger partial charge in [0.25, 0.3) is 5.91 Å². The fraction of sp³-hybridized carbons (Fsp3) is 0.409. The molecule has 1 fully saturated rings. The summed E-state index contributed by atoms with van der Waals surface area (Å²) in [4.78, 5) is 24.2. The van der Waals surface area contributed by atoms with E-state index in [2.05, 4.69) is 9.55 Å². The summed E-state index contributed by atoms with van der Waals surface area (Å²) < 4.78 is 7.43. The van der Waals surface area contributed by atoms with Crippen molar-refractivity contribution >= 4 is 17.1 Å². The lowest BCUT2D eigenvalue weighted by atomic mass is 10.0. The third-order valence-corrected chi connectivity index (χ3v) is 5.52. The quantitative estimate of drug-likeness (QED) is 0.661. The number of fused-ring (bicyclic) bond motifs is 1. The highest BCUT2D eigenvalue weighted by atomic mass is 16.5. The largest absolute Gasteiger partial charge is 0.383 e. The van der Waals surface area contributed by atoms with Crippen LogP contribution >= 0.6 is 0 Å². The Morgan fingerprint density at radius 3 is 2.93 bits per heavy atom. The fourth-order valence-electron chi connectivity index (χ4n) is 4.00. The summed E-state index contributed by atoms with van der Waals surface area (Å²) >= 11 is 0. The molecule has 1 amide bonds. The van der Waals surface area contributed by atoms with Gasteiger partial charge in [-0.2, -0.15) is 0 Å². The van der Waals surface area contributed by atoms with Crippen LogP contribution in [0.5, 0.6) is 0 Å². The number of aryl methyl sites for hydroxylation is 1. The Hall–Kier alpha value is -2.73. The minimum atomic E-state index is 0.134. The van der Waals surface area contributed by atoms with E-state index in [1.54, 1.807) is 13.3 Å². The second-order valence-corrected chi connectivity index (χ2v) is 7.44. The number of pyridine rings is 1. The molecular formula is C22H26N4O2. The molecule has 2 aromatic heterocycles. The number of hydrogen-bond donors (Lipinski definition) is 0. The van der Waals surface area contributed by atoms with Crippen molar-refractivity contribution in [2.24, 2.45) is 5.92 Å². The van der Waals surface area contributed by atoms with Crippen molar-refractivity contribution in [3.05, 3.63) is 59.5 Å². The molecule has 0 saturated carbocycles. The highest BCUT2D eigenvalue weighted by Crippen LogP contribution is 2.24. The van der Waals surface area contributed by atoms with Gasteiger partial charge in [0.05, 0.1) is 6.61 Å². The molecule has 0 bridgehead atoms. The highest BCUT2D eigenvalue weighted by molar-refractivity contribution is 5.95. The first-order valence-corrected chi connectivity index (χ1v) is 9.81. The summed E-state index contributed by atoms with van der Waals surface area (Å²) in [6.45, 7) is 4.92. The molecule has 1 saturated heterocycles. The Labute approximate surface area is 165 Å².